The van der Waals surface area contributed by atoms with Crippen molar-refractivity contribution in [1.82, 2.24) is 9.80 Å². The maximum Gasteiger partial charge on any atom is 0.255 e. The number of primary amides is 1. The van der Waals surface area contributed by atoms with Crippen LogP contribution >= 0.6 is 0 Å². The minimum absolute atomic E-state index is 0.0286. The van der Waals surface area contributed by atoms with Crippen LogP contribution in [-0.2, 0) is 4.79 Å². The van der Waals surface area contributed by atoms with Gasteiger partial charge in [-0.1, -0.05) is 12.1 Å². The molecule has 0 saturated carbocycles. The largest absolute Gasteiger partial charge is 0.387 e. The molecule has 6 nitrogen and oxygen atoms in total. The van der Waals surface area contributed by atoms with E-state index in [0.29, 0.717) is 25.2 Å². The van der Waals surface area contributed by atoms with Crippen molar-refractivity contribution in [3.63, 3.8) is 0 Å². The highest BCUT2D eigenvalue weighted by Gasteiger charge is 2.22. The molecular formula is C15H22N4O2. The molecule has 3 N–H and O–H groups in total. The van der Waals surface area contributed by atoms with Gasteiger partial charge in [-0.25, -0.2) is 0 Å². The van der Waals surface area contributed by atoms with Crippen molar-refractivity contribution in [2.24, 2.45) is 5.73 Å². The number of carbonyl (C=O) groups is 2. The predicted octanol–water partition coefficient (Wildman–Crippen LogP) is 0.362. The van der Waals surface area contributed by atoms with Crippen molar-refractivity contribution >= 4 is 17.5 Å². The third-order valence-electron chi connectivity index (χ3n) is 3.68. The van der Waals surface area contributed by atoms with Crippen LogP contribution in [0.5, 0.6) is 0 Å². The van der Waals surface area contributed by atoms with E-state index < -0.39 is 0 Å². The summed E-state index contributed by atoms with van der Waals surface area (Å²) in [6.45, 7) is 3.04. The first kappa shape index (κ1) is 15.3. The number of benzene rings is 1. The molecule has 1 fully saturated rings. The van der Waals surface area contributed by atoms with Crippen LogP contribution in [-0.4, -0.2) is 61.4 Å². The first-order chi connectivity index (χ1) is 10.1. The normalized spacial score (nSPS) is 16.3. The summed E-state index contributed by atoms with van der Waals surface area (Å²) in [6, 6.07) is 7.50. The molecule has 1 saturated heterocycles. The maximum atomic E-state index is 12.6. The zero-order valence-corrected chi connectivity index (χ0v) is 12.3. The van der Waals surface area contributed by atoms with Gasteiger partial charge in [-0.2, -0.15) is 0 Å². The molecule has 1 aliphatic rings. The smallest absolute Gasteiger partial charge is 0.255 e. The van der Waals surface area contributed by atoms with E-state index in [2.05, 4.69) is 5.32 Å². The fourth-order valence-electron chi connectivity index (χ4n) is 2.61. The molecule has 2 rings (SSSR count). The van der Waals surface area contributed by atoms with Gasteiger partial charge in [-0.15, -0.1) is 0 Å². The molecule has 1 heterocycles. The van der Waals surface area contributed by atoms with Crippen LogP contribution in [0.4, 0.5) is 5.69 Å². The Morgan fingerprint density at radius 2 is 1.95 bits per heavy atom. The molecule has 1 aliphatic heterocycles. The Morgan fingerprint density at radius 3 is 2.67 bits per heavy atom. The third-order valence-corrected chi connectivity index (χ3v) is 3.68. The molecule has 1 aromatic carbocycles. The molecule has 0 aliphatic carbocycles. The van der Waals surface area contributed by atoms with Crippen LogP contribution in [0, 0.1) is 0 Å². The highest BCUT2D eigenvalue weighted by Crippen LogP contribution is 2.17. The number of amides is 2. The summed E-state index contributed by atoms with van der Waals surface area (Å²) >= 11 is 0. The molecule has 0 unspecified atom stereocenters. The molecule has 0 bridgehead atoms. The second kappa shape index (κ2) is 7.08. The number of nitrogens with two attached hydrogens (primary N) is 1. The molecule has 6 heteroatoms. The van der Waals surface area contributed by atoms with Crippen molar-refractivity contribution in [3.8, 4) is 0 Å². The molecular weight excluding hydrogens is 268 g/mol. The molecule has 2 amide bonds. The Morgan fingerprint density at radius 1 is 1.19 bits per heavy atom. The van der Waals surface area contributed by atoms with Crippen molar-refractivity contribution < 1.29 is 9.59 Å². The summed E-state index contributed by atoms with van der Waals surface area (Å²) in [4.78, 5) is 27.5. The van der Waals surface area contributed by atoms with Crippen LogP contribution in [0.3, 0.4) is 0 Å². The maximum absolute atomic E-state index is 12.6. The minimum Gasteiger partial charge on any atom is -0.387 e. The lowest BCUT2D eigenvalue weighted by Gasteiger charge is -2.22. The van der Waals surface area contributed by atoms with Crippen LogP contribution in [0.1, 0.15) is 16.8 Å². The van der Waals surface area contributed by atoms with Gasteiger partial charge in [0.2, 0.25) is 5.91 Å². The molecule has 0 spiro atoms. The number of para-hydroxylation sites is 1. The number of anilines is 1. The third kappa shape index (κ3) is 3.95. The van der Waals surface area contributed by atoms with Gasteiger partial charge in [0.1, 0.15) is 0 Å². The fourth-order valence-corrected chi connectivity index (χ4v) is 2.61. The first-order valence-corrected chi connectivity index (χ1v) is 7.18. The Hall–Kier alpha value is -2.08. The van der Waals surface area contributed by atoms with Crippen molar-refractivity contribution in [2.75, 3.05) is 45.1 Å². The monoisotopic (exact) mass is 290 g/mol. The second-order valence-corrected chi connectivity index (χ2v) is 5.18. The summed E-state index contributed by atoms with van der Waals surface area (Å²) in [5, 5.41) is 3.05. The number of carbonyl (C=O) groups excluding carboxylic acids is 2. The SMILES string of the molecule is CNc1ccccc1C(=O)N1CCCN(CC(N)=O)CC1. The fraction of sp³-hybridized carbons (Fsp3) is 0.467. The van der Waals surface area contributed by atoms with Gasteiger partial charge in [-0.3, -0.25) is 14.5 Å². The Kier molecular flexibility index (Phi) is 5.16. The van der Waals surface area contributed by atoms with Crippen LogP contribution in [0.2, 0.25) is 0 Å². The van der Waals surface area contributed by atoms with E-state index in [0.717, 1.165) is 18.7 Å². The van der Waals surface area contributed by atoms with E-state index in [4.69, 9.17) is 5.73 Å². The van der Waals surface area contributed by atoms with Gasteiger partial charge in [0.05, 0.1) is 12.1 Å². The van der Waals surface area contributed by atoms with Crippen LogP contribution < -0.4 is 11.1 Å². The number of hydrogen-bond donors (Lipinski definition) is 2. The highest BCUT2D eigenvalue weighted by atomic mass is 16.2. The molecule has 21 heavy (non-hydrogen) atoms. The first-order valence-electron chi connectivity index (χ1n) is 7.18. The lowest BCUT2D eigenvalue weighted by atomic mass is 10.1. The molecule has 0 atom stereocenters. The summed E-state index contributed by atoms with van der Waals surface area (Å²) < 4.78 is 0. The quantitative estimate of drug-likeness (QED) is 0.839. The summed E-state index contributed by atoms with van der Waals surface area (Å²) in [7, 11) is 1.81. The van der Waals surface area contributed by atoms with E-state index >= 15 is 0 Å². The van der Waals surface area contributed by atoms with E-state index in [1.54, 1.807) is 0 Å². The zero-order valence-electron chi connectivity index (χ0n) is 12.3. The van der Waals surface area contributed by atoms with Gasteiger partial charge in [0, 0.05) is 38.9 Å². The molecule has 114 valence electrons. The number of rotatable bonds is 4. The van der Waals surface area contributed by atoms with Gasteiger partial charge in [-0.05, 0) is 18.6 Å². The standard InChI is InChI=1S/C15H22N4O2/c1-17-13-6-3-2-5-12(13)15(21)19-8-4-7-18(9-10-19)11-14(16)20/h2-3,5-6,17H,4,7-11H2,1H3,(H2,16,20). The van der Waals surface area contributed by atoms with Crippen molar-refractivity contribution in [3.05, 3.63) is 29.8 Å². The average Bonchev–Trinajstić information content (AvgIpc) is 2.71. The highest BCUT2D eigenvalue weighted by molar-refractivity contribution is 5.99. The van der Waals surface area contributed by atoms with Gasteiger partial charge in [0.15, 0.2) is 0 Å². The lowest BCUT2D eigenvalue weighted by Crippen LogP contribution is -2.38. The van der Waals surface area contributed by atoms with E-state index in [1.807, 2.05) is 41.1 Å². The molecule has 0 aromatic heterocycles. The lowest BCUT2D eigenvalue weighted by molar-refractivity contribution is -0.119. The van der Waals surface area contributed by atoms with E-state index in [-0.39, 0.29) is 18.4 Å². The summed E-state index contributed by atoms with van der Waals surface area (Å²) in [5.74, 6) is -0.295. The van der Waals surface area contributed by atoms with Gasteiger partial charge < -0.3 is 16.0 Å². The van der Waals surface area contributed by atoms with Gasteiger partial charge >= 0.3 is 0 Å². The Bertz CT molecular complexity index is 518. The van der Waals surface area contributed by atoms with Crippen molar-refractivity contribution in [2.45, 2.75) is 6.42 Å². The van der Waals surface area contributed by atoms with E-state index in [1.165, 1.54) is 0 Å². The summed E-state index contributed by atoms with van der Waals surface area (Å²) in [6.07, 6.45) is 0.848. The number of nitrogens with zero attached hydrogens (tertiary/aromatic N) is 2. The zero-order chi connectivity index (χ0) is 15.2. The van der Waals surface area contributed by atoms with Gasteiger partial charge in [0.25, 0.3) is 5.91 Å². The Balaban J connectivity index is 2.05. The second-order valence-electron chi connectivity index (χ2n) is 5.18. The average molecular weight is 290 g/mol. The predicted molar refractivity (Wildman–Crippen MR) is 82.1 cm³/mol. The molecule has 0 radical (unpaired) electrons. The number of nitrogens with one attached hydrogen (secondary N) is 1. The number of hydrogen-bond acceptors (Lipinski definition) is 4. The molecule has 1 aromatic rings. The minimum atomic E-state index is -0.324. The van der Waals surface area contributed by atoms with Crippen molar-refractivity contribution in [1.29, 1.82) is 0 Å². The van der Waals surface area contributed by atoms with Crippen LogP contribution in [0.25, 0.3) is 0 Å². The van der Waals surface area contributed by atoms with E-state index in [9.17, 15) is 9.59 Å². The Labute approximate surface area is 124 Å². The topological polar surface area (TPSA) is 78.7 Å². The van der Waals surface area contributed by atoms with Crippen LogP contribution in [0.15, 0.2) is 24.3 Å². The summed E-state index contributed by atoms with van der Waals surface area (Å²) in [5.41, 5.74) is 6.75.